The van der Waals surface area contributed by atoms with Crippen molar-refractivity contribution in [1.29, 1.82) is 0 Å². The molecule has 2 saturated heterocycles. The van der Waals surface area contributed by atoms with E-state index in [1.165, 1.54) is 13.0 Å². The van der Waals surface area contributed by atoms with Crippen molar-refractivity contribution < 1.29 is 9.47 Å². The molecule has 1 aromatic rings. The highest BCUT2D eigenvalue weighted by molar-refractivity contribution is 14.0. The first-order valence-corrected chi connectivity index (χ1v) is 10.3. The predicted octanol–water partition coefficient (Wildman–Crippen LogP) is 2.41. The van der Waals surface area contributed by atoms with E-state index in [0.29, 0.717) is 12.0 Å². The summed E-state index contributed by atoms with van der Waals surface area (Å²) in [5.41, 5.74) is 1.14. The van der Waals surface area contributed by atoms with Crippen LogP contribution in [0.2, 0.25) is 0 Å². The Balaban J connectivity index is 0.00000300. The van der Waals surface area contributed by atoms with Crippen LogP contribution in [0.5, 0.6) is 11.5 Å². The quantitative estimate of drug-likeness (QED) is 0.329. The van der Waals surface area contributed by atoms with E-state index >= 15 is 0 Å². The molecule has 2 aliphatic heterocycles. The topological polar surface area (TPSA) is 61.4 Å². The van der Waals surface area contributed by atoms with Crippen molar-refractivity contribution >= 4 is 35.6 Å². The Bertz CT molecular complexity index is 650. The van der Waals surface area contributed by atoms with Crippen LogP contribution >= 0.6 is 24.0 Å². The minimum atomic E-state index is 0. The molecule has 164 valence electrons. The number of benzene rings is 1. The van der Waals surface area contributed by atoms with Gasteiger partial charge < -0.3 is 29.9 Å². The second-order valence-corrected chi connectivity index (χ2v) is 7.78. The first-order chi connectivity index (χ1) is 13.6. The fourth-order valence-electron chi connectivity index (χ4n) is 4.00. The summed E-state index contributed by atoms with van der Waals surface area (Å²) in [6.45, 7) is 8.16. The lowest BCUT2D eigenvalue weighted by molar-refractivity contribution is 0.394. The molecule has 0 spiro atoms. The van der Waals surface area contributed by atoms with Gasteiger partial charge in [-0.15, -0.1) is 24.0 Å². The summed E-state index contributed by atoms with van der Waals surface area (Å²) in [5.74, 6) is 3.25. The van der Waals surface area contributed by atoms with Gasteiger partial charge in [0, 0.05) is 62.7 Å². The number of hydrogen-bond donors (Lipinski definition) is 2. The number of nitrogens with one attached hydrogen (secondary N) is 2. The number of rotatable bonds is 7. The van der Waals surface area contributed by atoms with Gasteiger partial charge in [0.05, 0.1) is 14.2 Å². The fraction of sp³-hybridized carbons (Fsp3) is 0.667. The molecule has 0 aliphatic carbocycles. The van der Waals surface area contributed by atoms with Crippen molar-refractivity contribution in [3.8, 4) is 11.5 Å². The molecule has 2 fully saturated rings. The summed E-state index contributed by atoms with van der Waals surface area (Å²) < 4.78 is 10.8. The first-order valence-electron chi connectivity index (χ1n) is 10.3. The van der Waals surface area contributed by atoms with E-state index < -0.39 is 0 Å². The van der Waals surface area contributed by atoms with Crippen LogP contribution in [0, 0.1) is 5.92 Å². The Hall–Kier alpha value is -1.42. The summed E-state index contributed by atoms with van der Waals surface area (Å²) >= 11 is 0. The zero-order valence-corrected chi connectivity index (χ0v) is 20.4. The van der Waals surface area contributed by atoms with E-state index in [9.17, 15) is 0 Å². The van der Waals surface area contributed by atoms with Crippen molar-refractivity contribution in [3.63, 3.8) is 0 Å². The Kier molecular flexibility index (Phi) is 9.61. The maximum absolute atomic E-state index is 5.41. The van der Waals surface area contributed by atoms with Crippen LogP contribution in [0.3, 0.4) is 0 Å². The van der Waals surface area contributed by atoms with Crippen molar-refractivity contribution in [2.75, 3.05) is 65.4 Å². The van der Waals surface area contributed by atoms with Crippen molar-refractivity contribution in [3.05, 3.63) is 18.2 Å². The van der Waals surface area contributed by atoms with Gasteiger partial charge in [-0.05, 0) is 39.3 Å². The van der Waals surface area contributed by atoms with Crippen molar-refractivity contribution in [2.24, 2.45) is 10.9 Å². The molecule has 29 heavy (non-hydrogen) atoms. The number of methoxy groups -OCH3 is 2. The van der Waals surface area contributed by atoms with Crippen molar-refractivity contribution in [1.82, 2.24) is 15.5 Å². The molecular formula is C21H36IN5O2. The van der Waals surface area contributed by atoms with E-state index in [1.54, 1.807) is 14.2 Å². The van der Waals surface area contributed by atoms with Gasteiger partial charge in [0.1, 0.15) is 11.5 Å². The average Bonchev–Trinajstić information content (AvgIpc) is 3.34. The van der Waals surface area contributed by atoms with E-state index in [0.717, 1.165) is 62.3 Å². The van der Waals surface area contributed by atoms with E-state index in [4.69, 9.17) is 14.5 Å². The predicted molar refractivity (Wildman–Crippen MR) is 130 cm³/mol. The van der Waals surface area contributed by atoms with Crippen LogP contribution in [0.25, 0.3) is 0 Å². The number of anilines is 1. The average molecular weight is 517 g/mol. The minimum absolute atomic E-state index is 0. The monoisotopic (exact) mass is 517 g/mol. The van der Waals surface area contributed by atoms with Crippen LogP contribution in [0.15, 0.2) is 23.2 Å². The molecule has 8 heteroatoms. The summed E-state index contributed by atoms with van der Waals surface area (Å²) in [7, 11) is 5.57. The molecule has 1 aromatic carbocycles. The third-order valence-corrected chi connectivity index (χ3v) is 5.57. The second-order valence-electron chi connectivity index (χ2n) is 7.78. The number of ether oxygens (including phenoxy) is 2. The third-order valence-electron chi connectivity index (χ3n) is 5.57. The molecule has 0 saturated carbocycles. The number of likely N-dealkylation sites (tertiary alicyclic amines) is 1. The summed E-state index contributed by atoms with van der Waals surface area (Å²) in [6.07, 6.45) is 2.32. The highest BCUT2D eigenvalue weighted by Crippen LogP contribution is 2.30. The Morgan fingerprint density at radius 3 is 2.41 bits per heavy atom. The Morgan fingerprint density at radius 1 is 1.10 bits per heavy atom. The lowest BCUT2D eigenvalue weighted by atomic mass is 10.1. The lowest BCUT2D eigenvalue weighted by Gasteiger charge is -2.21. The first kappa shape index (κ1) is 23.9. The highest BCUT2D eigenvalue weighted by atomic mass is 127. The smallest absolute Gasteiger partial charge is 0.191 e. The molecule has 2 unspecified atom stereocenters. The molecule has 0 amide bonds. The zero-order chi connectivity index (χ0) is 19.9. The van der Waals surface area contributed by atoms with Crippen LogP contribution in [-0.2, 0) is 0 Å². The van der Waals surface area contributed by atoms with Gasteiger partial charge in [0.25, 0.3) is 0 Å². The number of guanidine groups is 1. The molecule has 0 radical (unpaired) electrons. The maximum Gasteiger partial charge on any atom is 0.191 e. The number of hydrogen-bond acceptors (Lipinski definition) is 5. The highest BCUT2D eigenvalue weighted by Gasteiger charge is 2.25. The Morgan fingerprint density at radius 2 is 1.83 bits per heavy atom. The number of halogens is 1. The normalized spacial score (nSPS) is 22.3. The van der Waals surface area contributed by atoms with Crippen LogP contribution in [0.4, 0.5) is 5.69 Å². The standard InChI is InChI=1S/C21H35N5O2.HI/c1-5-22-21(23-13-16-6-8-25(2)14-16)24-17-7-9-26(15-17)18-10-19(27-3)12-20(11-18)28-4;/h10-12,16-17H,5-9,13-15H2,1-4H3,(H2,22,23,24);1H. The van der Waals surface area contributed by atoms with E-state index in [2.05, 4.69) is 46.5 Å². The van der Waals surface area contributed by atoms with E-state index in [1.807, 2.05) is 6.07 Å². The molecule has 3 rings (SSSR count). The summed E-state index contributed by atoms with van der Waals surface area (Å²) in [6, 6.07) is 6.43. The molecule has 2 heterocycles. The Labute approximate surface area is 192 Å². The maximum atomic E-state index is 5.41. The van der Waals surface area contributed by atoms with Crippen LogP contribution in [-0.4, -0.2) is 77.4 Å². The molecule has 7 nitrogen and oxygen atoms in total. The molecule has 0 bridgehead atoms. The van der Waals surface area contributed by atoms with Gasteiger partial charge in [0.2, 0.25) is 0 Å². The summed E-state index contributed by atoms with van der Waals surface area (Å²) in [5, 5.41) is 7.03. The molecule has 2 aliphatic rings. The zero-order valence-electron chi connectivity index (χ0n) is 18.1. The van der Waals surface area contributed by atoms with Crippen LogP contribution < -0.4 is 25.0 Å². The van der Waals surface area contributed by atoms with Crippen LogP contribution in [0.1, 0.15) is 19.8 Å². The fourth-order valence-corrected chi connectivity index (χ4v) is 4.00. The molecule has 2 N–H and O–H groups in total. The van der Waals surface area contributed by atoms with E-state index in [-0.39, 0.29) is 24.0 Å². The van der Waals surface area contributed by atoms with Gasteiger partial charge in [0.15, 0.2) is 5.96 Å². The van der Waals surface area contributed by atoms with Crippen molar-refractivity contribution in [2.45, 2.75) is 25.8 Å². The lowest BCUT2D eigenvalue weighted by Crippen LogP contribution is -2.45. The molecular weight excluding hydrogens is 481 g/mol. The van der Waals surface area contributed by atoms with Gasteiger partial charge in [-0.25, -0.2) is 0 Å². The second kappa shape index (κ2) is 11.7. The van der Waals surface area contributed by atoms with Gasteiger partial charge in [-0.2, -0.15) is 0 Å². The third kappa shape index (κ3) is 6.80. The summed E-state index contributed by atoms with van der Waals surface area (Å²) in [4.78, 5) is 9.62. The SMILES string of the molecule is CCNC(=NCC1CCN(C)C1)NC1CCN(c2cc(OC)cc(OC)c2)C1.I. The number of aliphatic imine (C=N–C) groups is 1. The number of nitrogens with zero attached hydrogens (tertiary/aromatic N) is 3. The molecule has 2 atom stereocenters. The minimum Gasteiger partial charge on any atom is -0.497 e. The van der Waals surface area contributed by atoms with Gasteiger partial charge >= 0.3 is 0 Å². The largest absolute Gasteiger partial charge is 0.497 e. The van der Waals surface area contributed by atoms with Gasteiger partial charge in [-0.1, -0.05) is 0 Å². The van der Waals surface area contributed by atoms with Gasteiger partial charge in [-0.3, -0.25) is 4.99 Å². The molecule has 0 aromatic heterocycles.